The molecule has 0 saturated heterocycles. The zero-order valence-corrected chi connectivity index (χ0v) is 18.7. The van der Waals surface area contributed by atoms with E-state index in [0.29, 0.717) is 37.6 Å². The van der Waals surface area contributed by atoms with Crippen molar-refractivity contribution in [2.24, 2.45) is 0 Å². The first-order chi connectivity index (χ1) is 16.9. The second-order valence-electron chi connectivity index (χ2n) is 7.82. The highest BCUT2D eigenvalue weighted by Crippen LogP contribution is 2.36. The number of carbonyl (C=O) groups excluding carboxylic acids is 1. The summed E-state index contributed by atoms with van der Waals surface area (Å²) in [4.78, 5) is 15.6. The van der Waals surface area contributed by atoms with Crippen LogP contribution in [0.2, 0.25) is 0 Å². The van der Waals surface area contributed by atoms with Crippen molar-refractivity contribution in [2.75, 3.05) is 19.7 Å². The summed E-state index contributed by atoms with van der Waals surface area (Å²) in [7, 11) is 0. The SMILES string of the molecule is O=C(NCCNC1CCOc2ccc(Oc3ccc(C(F)(F)F)cn3)cc21)OCc1ccccc1. The first kappa shape index (κ1) is 24.3. The van der Waals surface area contributed by atoms with Crippen LogP contribution in [-0.2, 0) is 17.5 Å². The van der Waals surface area contributed by atoms with Gasteiger partial charge in [-0.3, -0.25) is 0 Å². The Morgan fingerprint density at radius 2 is 1.91 bits per heavy atom. The predicted molar refractivity (Wildman–Crippen MR) is 121 cm³/mol. The van der Waals surface area contributed by atoms with Crippen LogP contribution in [0.15, 0.2) is 66.9 Å². The summed E-state index contributed by atoms with van der Waals surface area (Å²) in [6.07, 6.45) is -3.52. The van der Waals surface area contributed by atoms with Crippen LogP contribution < -0.4 is 20.1 Å². The van der Waals surface area contributed by atoms with Crippen LogP contribution in [0.3, 0.4) is 0 Å². The number of pyridine rings is 1. The van der Waals surface area contributed by atoms with Crippen LogP contribution in [0.1, 0.15) is 29.2 Å². The van der Waals surface area contributed by atoms with Crippen molar-refractivity contribution in [3.63, 3.8) is 0 Å². The number of nitrogens with one attached hydrogen (secondary N) is 2. The van der Waals surface area contributed by atoms with E-state index in [1.54, 1.807) is 18.2 Å². The standard InChI is InChI=1S/C25H24F3N3O4/c26-25(27,28)18-6-9-23(31-15-18)35-19-7-8-22-20(14-19)21(10-13-33-22)29-11-12-30-24(32)34-16-17-4-2-1-3-5-17/h1-9,14-15,21,29H,10-13,16H2,(H,30,32). The number of carbonyl (C=O) groups is 1. The minimum Gasteiger partial charge on any atom is -0.493 e. The number of alkyl carbamates (subject to hydrolysis) is 1. The molecular weight excluding hydrogens is 463 g/mol. The number of benzene rings is 2. The Kier molecular flexibility index (Phi) is 7.71. The molecule has 4 rings (SSSR count). The number of fused-ring (bicyclic) bond motifs is 1. The van der Waals surface area contributed by atoms with Crippen molar-refractivity contribution in [1.82, 2.24) is 15.6 Å². The Bertz CT molecular complexity index is 1130. The minimum absolute atomic E-state index is 0.0509. The molecule has 1 aliphatic rings. The molecule has 1 amide bonds. The van der Waals surface area contributed by atoms with Gasteiger partial charge in [-0.1, -0.05) is 30.3 Å². The zero-order valence-electron chi connectivity index (χ0n) is 18.7. The monoisotopic (exact) mass is 487 g/mol. The molecule has 1 aliphatic heterocycles. The second kappa shape index (κ2) is 11.1. The van der Waals surface area contributed by atoms with Crippen LogP contribution in [0.25, 0.3) is 0 Å². The summed E-state index contributed by atoms with van der Waals surface area (Å²) in [5, 5.41) is 6.08. The van der Waals surface area contributed by atoms with Crippen molar-refractivity contribution in [3.05, 3.63) is 83.6 Å². The second-order valence-corrected chi connectivity index (χ2v) is 7.82. The average molecular weight is 487 g/mol. The van der Waals surface area contributed by atoms with Crippen molar-refractivity contribution in [2.45, 2.75) is 25.2 Å². The molecule has 0 bridgehead atoms. The topological polar surface area (TPSA) is 81.7 Å². The summed E-state index contributed by atoms with van der Waals surface area (Å²) in [6.45, 7) is 1.59. The van der Waals surface area contributed by atoms with E-state index in [9.17, 15) is 18.0 Å². The fourth-order valence-corrected chi connectivity index (χ4v) is 3.56. The summed E-state index contributed by atoms with van der Waals surface area (Å²) in [5.41, 5.74) is 0.918. The van der Waals surface area contributed by atoms with E-state index >= 15 is 0 Å². The van der Waals surface area contributed by atoms with Gasteiger partial charge in [-0.05, 0) is 29.8 Å². The normalized spacial score (nSPS) is 15.0. The van der Waals surface area contributed by atoms with Gasteiger partial charge in [0.05, 0.1) is 12.2 Å². The van der Waals surface area contributed by atoms with Gasteiger partial charge in [0.1, 0.15) is 18.1 Å². The number of nitrogens with zero attached hydrogens (tertiary/aromatic N) is 1. The van der Waals surface area contributed by atoms with E-state index in [1.807, 2.05) is 30.3 Å². The van der Waals surface area contributed by atoms with E-state index in [0.717, 1.165) is 23.4 Å². The molecule has 1 unspecified atom stereocenters. The molecule has 35 heavy (non-hydrogen) atoms. The summed E-state index contributed by atoms with van der Waals surface area (Å²) < 4.78 is 54.7. The molecule has 0 radical (unpaired) electrons. The van der Waals surface area contributed by atoms with Crippen LogP contribution in [0, 0.1) is 0 Å². The molecule has 2 aromatic carbocycles. The number of ether oxygens (including phenoxy) is 3. The first-order valence-electron chi connectivity index (χ1n) is 11.0. The Hall–Kier alpha value is -3.79. The quantitative estimate of drug-likeness (QED) is 0.424. The van der Waals surface area contributed by atoms with Gasteiger partial charge in [-0.15, -0.1) is 0 Å². The maximum absolute atomic E-state index is 12.7. The average Bonchev–Trinajstić information content (AvgIpc) is 2.86. The number of alkyl halides is 3. The lowest BCUT2D eigenvalue weighted by molar-refractivity contribution is -0.137. The van der Waals surface area contributed by atoms with Crippen molar-refractivity contribution >= 4 is 6.09 Å². The van der Waals surface area contributed by atoms with E-state index in [1.165, 1.54) is 6.07 Å². The van der Waals surface area contributed by atoms with E-state index < -0.39 is 17.8 Å². The summed E-state index contributed by atoms with van der Waals surface area (Å²) in [6, 6.07) is 16.6. The number of aromatic nitrogens is 1. The molecule has 2 heterocycles. The third kappa shape index (κ3) is 6.86. The molecule has 0 saturated carbocycles. The van der Waals surface area contributed by atoms with Gasteiger partial charge in [0.25, 0.3) is 0 Å². The molecule has 7 nitrogen and oxygen atoms in total. The number of rotatable bonds is 8. The minimum atomic E-state index is -4.46. The predicted octanol–water partition coefficient (Wildman–Crippen LogP) is 5.23. The maximum atomic E-state index is 12.7. The molecule has 0 fully saturated rings. The van der Waals surface area contributed by atoms with Crippen LogP contribution in [0.4, 0.5) is 18.0 Å². The lowest BCUT2D eigenvalue weighted by Crippen LogP contribution is -2.35. The van der Waals surface area contributed by atoms with Crippen LogP contribution in [-0.4, -0.2) is 30.8 Å². The van der Waals surface area contributed by atoms with Gasteiger partial charge in [0, 0.05) is 43.4 Å². The molecule has 0 aliphatic carbocycles. The fourth-order valence-electron chi connectivity index (χ4n) is 3.56. The zero-order chi connectivity index (χ0) is 24.7. The molecule has 10 heteroatoms. The van der Waals surface area contributed by atoms with Crippen molar-refractivity contribution in [3.8, 4) is 17.4 Å². The van der Waals surface area contributed by atoms with Gasteiger partial charge < -0.3 is 24.8 Å². The number of halogens is 3. The van der Waals surface area contributed by atoms with E-state index in [-0.39, 0.29) is 18.5 Å². The van der Waals surface area contributed by atoms with Crippen molar-refractivity contribution < 1.29 is 32.2 Å². The number of amides is 1. The van der Waals surface area contributed by atoms with Gasteiger partial charge in [-0.2, -0.15) is 13.2 Å². The van der Waals surface area contributed by atoms with E-state index in [4.69, 9.17) is 14.2 Å². The van der Waals surface area contributed by atoms with Crippen molar-refractivity contribution in [1.29, 1.82) is 0 Å². The first-order valence-corrected chi connectivity index (χ1v) is 11.0. The Morgan fingerprint density at radius 3 is 2.66 bits per heavy atom. The van der Waals surface area contributed by atoms with Gasteiger partial charge in [0.15, 0.2) is 0 Å². The Balaban J connectivity index is 1.28. The third-order valence-corrected chi connectivity index (χ3v) is 5.30. The summed E-state index contributed by atoms with van der Waals surface area (Å²) >= 11 is 0. The largest absolute Gasteiger partial charge is 0.493 e. The molecule has 184 valence electrons. The van der Waals surface area contributed by atoms with E-state index in [2.05, 4.69) is 15.6 Å². The lowest BCUT2D eigenvalue weighted by Gasteiger charge is -2.27. The number of hydrogen-bond acceptors (Lipinski definition) is 6. The highest BCUT2D eigenvalue weighted by Gasteiger charge is 2.30. The molecule has 0 spiro atoms. The highest BCUT2D eigenvalue weighted by atomic mass is 19.4. The molecule has 1 aromatic heterocycles. The molecule has 2 N–H and O–H groups in total. The highest BCUT2D eigenvalue weighted by molar-refractivity contribution is 5.67. The number of hydrogen-bond donors (Lipinski definition) is 2. The smallest absolute Gasteiger partial charge is 0.417 e. The third-order valence-electron chi connectivity index (χ3n) is 5.30. The fraction of sp³-hybridized carbons (Fsp3) is 0.280. The van der Waals surface area contributed by atoms with Crippen LogP contribution >= 0.6 is 0 Å². The van der Waals surface area contributed by atoms with Gasteiger partial charge in [-0.25, -0.2) is 9.78 Å². The maximum Gasteiger partial charge on any atom is 0.417 e. The van der Waals surface area contributed by atoms with Crippen LogP contribution in [0.5, 0.6) is 17.4 Å². The summed E-state index contributed by atoms with van der Waals surface area (Å²) in [5.74, 6) is 1.17. The Morgan fingerprint density at radius 1 is 1.09 bits per heavy atom. The molecular formula is C25H24F3N3O4. The van der Waals surface area contributed by atoms with Gasteiger partial charge in [0.2, 0.25) is 5.88 Å². The van der Waals surface area contributed by atoms with Gasteiger partial charge >= 0.3 is 12.3 Å². The molecule has 3 aromatic rings. The Labute approximate surface area is 200 Å². The lowest BCUT2D eigenvalue weighted by atomic mass is 10.00. The molecule has 1 atom stereocenters.